The highest BCUT2D eigenvalue weighted by atomic mass is 32.3. The Labute approximate surface area is 202 Å². The number of benzene rings is 2. The summed E-state index contributed by atoms with van der Waals surface area (Å²) in [4.78, 5) is 28.6. The van der Waals surface area contributed by atoms with Crippen LogP contribution in [-0.4, -0.2) is 49.7 Å². The number of thiophene rings is 1. The van der Waals surface area contributed by atoms with Crippen molar-refractivity contribution in [3.8, 4) is 5.75 Å². The minimum atomic E-state index is -3.82. The first kappa shape index (κ1) is 22.8. The van der Waals surface area contributed by atoms with Crippen molar-refractivity contribution in [3.63, 3.8) is 0 Å². The lowest BCUT2D eigenvalue weighted by atomic mass is 9.99. The molecule has 0 unspecified atom stereocenters. The molecule has 0 saturated heterocycles. The van der Waals surface area contributed by atoms with Gasteiger partial charge in [-0.25, -0.2) is 0 Å². The van der Waals surface area contributed by atoms with Gasteiger partial charge in [-0.05, 0) is 72.6 Å². The summed E-state index contributed by atoms with van der Waals surface area (Å²) in [6.07, 6.45) is 2.47. The molecular formula is C25H24N2O5S2. The van der Waals surface area contributed by atoms with Crippen LogP contribution in [-0.2, 0) is 23.1 Å². The van der Waals surface area contributed by atoms with Crippen LogP contribution in [0.4, 0.5) is 0 Å². The summed E-state index contributed by atoms with van der Waals surface area (Å²) >= 11 is 1.13. The van der Waals surface area contributed by atoms with E-state index in [1.807, 2.05) is 12.1 Å². The molecule has 3 aromatic rings. The van der Waals surface area contributed by atoms with Crippen molar-refractivity contribution in [2.75, 3.05) is 19.6 Å². The van der Waals surface area contributed by atoms with Gasteiger partial charge < -0.3 is 4.18 Å². The highest BCUT2D eigenvalue weighted by molar-refractivity contribution is 7.89. The number of imide groups is 1. The highest BCUT2D eigenvalue weighted by Gasteiger charge is 2.34. The average molecular weight is 497 g/mol. The maximum Gasteiger partial charge on any atom is 0.348 e. The van der Waals surface area contributed by atoms with Gasteiger partial charge >= 0.3 is 10.1 Å². The third-order valence-electron chi connectivity index (χ3n) is 6.20. The lowest BCUT2D eigenvalue weighted by Crippen LogP contribution is -2.33. The molecule has 2 aliphatic rings. The molecule has 0 bridgehead atoms. The van der Waals surface area contributed by atoms with Gasteiger partial charge in [-0.3, -0.25) is 19.4 Å². The first-order valence-corrected chi connectivity index (χ1v) is 13.5. The van der Waals surface area contributed by atoms with E-state index in [1.165, 1.54) is 16.5 Å². The Balaban J connectivity index is 1.15. The Morgan fingerprint density at radius 2 is 1.62 bits per heavy atom. The number of nitrogens with zero attached hydrogens (tertiary/aromatic N) is 2. The first-order valence-electron chi connectivity index (χ1n) is 11.2. The van der Waals surface area contributed by atoms with Crippen LogP contribution in [0.1, 0.15) is 44.7 Å². The quantitative estimate of drug-likeness (QED) is 0.267. The Morgan fingerprint density at radius 1 is 0.882 bits per heavy atom. The Kier molecular flexibility index (Phi) is 6.24. The summed E-state index contributed by atoms with van der Waals surface area (Å²) < 4.78 is 30.4. The smallest absolute Gasteiger partial charge is 0.348 e. The molecule has 0 atom stereocenters. The van der Waals surface area contributed by atoms with Gasteiger partial charge in [0.2, 0.25) is 0 Å². The molecule has 34 heavy (non-hydrogen) atoms. The summed E-state index contributed by atoms with van der Waals surface area (Å²) in [6.45, 7) is 2.86. The molecule has 5 rings (SSSR count). The van der Waals surface area contributed by atoms with Crippen molar-refractivity contribution in [1.29, 1.82) is 0 Å². The van der Waals surface area contributed by atoms with E-state index < -0.39 is 10.1 Å². The molecule has 9 heteroatoms. The molecule has 2 amide bonds. The second kappa shape index (κ2) is 9.32. The molecule has 1 aromatic heterocycles. The number of carbonyl (C=O) groups excluding carboxylic acids is 2. The van der Waals surface area contributed by atoms with Gasteiger partial charge in [0, 0.05) is 19.6 Å². The lowest BCUT2D eigenvalue weighted by molar-refractivity contribution is 0.0650. The van der Waals surface area contributed by atoms with E-state index in [1.54, 1.807) is 41.8 Å². The third kappa shape index (κ3) is 4.51. The number of rotatable bonds is 8. The molecule has 7 nitrogen and oxygen atoms in total. The van der Waals surface area contributed by atoms with E-state index >= 15 is 0 Å². The average Bonchev–Trinajstić information content (AvgIpc) is 3.46. The molecule has 0 radical (unpaired) electrons. The van der Waals surface area contributed by atoms with Crippen molar-refractivity contribution in [3.05, 3.63) is 82.2 Å². The molecule has 0 saturated carbocycles. The van der Waals surface area contributed by atoms with Crippen LogP contribution in [0, 0.1) is 0 Å². The van der Waals surface area contributed by atoms with Gasteiger partial charge in [0.1, 0.15) is 5.75 Å². The van der Waals surface area contributed by atoms with Crippen molar-refractivity contribution in [1.82, 2.24) is 9.80 Å². The third-order valence-corrected chi connectivity index (χ3v) is 8.80. The van der Waals surface area contributed by atoms with Crippen molar-refractivity contribution in [2.24, 2.45) is 0 Å². The molecule has 0 aliphatic carbocycles. The molecule has 0 fully saturated rings. The molecule has 176 valence electrons. The SMILES string of the molecule is O=C1c2ccccc2C(=O)N1CCCCN1CCc2ccc(OS(=O)(=O)c3cccs3)cc2C1. The number of carbonyl (C=O) groups is 2. The fourth-order valence-electron chi connectivity index (χ4n) is 4.46. The van der Waals surface area contributed by atoms with Crippen LogP contribution >= 0.6 is 11.3 Å². The summed E-state index contributed by atoms with van der Waals surface area (Å²) in [7, 11) is -3.82. The van der Waals surface area contributed by atoms with Crippen molar-refractivity contribution < 1.29 is 22.2 Å². The normalized spacial score (nSPS) is 15.9. The van der Waals surface area contributed by atoms with Gasteiger partial charge in [0.15, 0.2) is 4.21 Å². The Hall–Kier alpha value is -3.01. The summed E-state index contributed by atoms with van der Waals surface area (Å²) in [6, 6.07) is 15.6. The Morgan fingerprint density at radius 3 is 2.32 bits per heavy atom. The van der Waals surface area contributed by atoms with E-state index in [9.17, 15) is 18.0 Å². The van der Waals surface area contributed by atoms with E-state index in [2.05, 4.69) is 4.90 Å². The zero-order chi connectivity index (χ0) is 23.7. The van der Waals surface area contributed by atoms with Gasteiger partial charge in [0.05, 0.1) is 11.1 Å². The topological polar surface area (TPSA) is 84.0 Å². The molecule has 0 spiro atoms. The predicted octanol–water partition coefficient (Wildman–Crippen LogP) is 3.95. The number of fused-ring (bicyclic) bond motifs is 2. The second-order valence-corrected chi connectivity index (χ2v) is 11.2. The van der Waals surface area contributed by atoms with E-state index in [-0.39, 0.29) is 16.0 Å². The summed E-state index contributed by atoms with van der Waals surface area (Å²) in [5.41, 5.74) is 3.23. The fourth-order valence-corrected chi connectivity index (χ4v) is 6.33. The largest absolute Gasteiger partial charge is 0.378 e. The van der Waals surface area contributed by atoms with Gasteiger partial charge in [-0.15, -0.1) is 11.3 Å². The lowest BCUT2D eigenvalue weighted by Gasteiger charge is -2.29. The second-order valence-electron chi connectivity index (χ2n) is 8.44. The van der Waals surface area contributed by atoms with Crippen LogP contribution in [0.15, 0.2) is 64.2 Å². The summed E-state index contributed by atoms with van der Waals surface area (Å²) in [5, 5.41) is 1.70. The zero-order valence-electron chi connectivity index (χ0n) is 18.5. The van der Waals surface area contributed by atoms with Crippen LogP contribution < -0.4 is 4.18 Å². The van der Waals surface area contributed by atoms with Crippen LogP contribution in [0.2, 0.25) is 0 Å². The zero-order valence-corrected chi connectivity index (χ0v) is 20.1. The molecule has 3 heterocycles. The number of amides is 2. The van der Waals surface area contributed by atoms with E-state index in [0.717, 1.165) is 49.3 Å². The van der Waals surface area contributed by atoms with Crippen LogP contribution in [0.25, 0.3) is 0 Å². The maximum absolute atomic E-state index is 12.5. The minimum Gasteiger partial charge on any atom is -0.378 e. The van der Waals surface area contributed by atoms with E-state index in [0.29, 0.717) is 30.0 Å². The monoisotopic (exact) mass is 496 g/mol. The van der Waals surface area contributed by atoms with Crippen molar-refractivity contribution in [2.45, 2.75) is 30.0 Å². The number of unbranched alkanes of at least 4 members (excludes halogenated alkanes) is 1. The predicted molar refractivity (Wildman–Crippen MR) is 129 cm³/mol. The number of hydrogen-bond donors (Lipinski definition) is 0. The first-order chi connectivity index (χ1) is 16.4. The molecule has 0 N–H and O–H groups in total. The molecular weight excluding hydrogens is 472 g/mol. The maximum atomic E-state index is 12.5. The fraction of sp³-hybridized carbons (Fsp3) is 0.280. The van der Waals surface area contributed by atoms with Gasteiger partial charge in [0.25, 0.3) is 11.8 Å². The summed E-state index contributed by atoms with van der Waals surface area (Å²) in [5.74, 6) is -0.102. The minimum absolute atomic E-state index is 0.185. The van der Waals surface area contributed by atoms with Crippen molar-refractivity contribution >= 4 is 33.3 Å². The number of hydrogen-bond acceptors (Lipinski definition) is 7. The van der Waals surface area contributed by atoms with Gasteiger partial charge in [-0.2, -0.15) is 8.42 Å². The van der Waals surface area contributed by atoms with Crippen LogP contribution in [0.3, 0.4) is 0 Å². The van der Waals surface area contributed by atoms with Gasteiger partial charge in [-0.1, -0.05) is 24.3 Å². The van der Waals surface area contributed by atoms with E-state index in [4.69, 9.17) is 4.18 Å². The Bertz CT molecular complexity index is 1300. The highest BCUT2D eigenvalue weighted by Crippen LogP contribution is 2.28. The standard InChI is InChI=1S/C25H24N2O5S2/c28-24-21-6-1-2-7-22(21)25(29)27(24)13-4-3-12-26-14-11-18-9-10-20(16-19(18)17-26)32-34(30,31)23-8-5-15-33-23/h1-2,5-10,15-16H,3-4,11-14,17H2. The molecule has 2 aliphatic heterocycles. The molecule has 2 aromatic carbocycles. The van der Waals surface area contributed by atoms with Crippen LogP contribution in [0.5, 0.6) is 5.75 Å².